The Morgan fingerprint density at radius 2 is 2.05 bits per heavy atom. The van der Waals surface area contributed by atoms with Crippen molar-refractivity contribution in [3.63, 3.8) is 0 Å². The van der Waals surface area contributed by atoms with E-state index in [1.165, 1.54) is 16.7 Å². The second-order valence-corrected chi connectivity index (χ2v) is 5.80. The molecular formula is C16H16BrNO. The van der Waals surface area contributed by atoms with Gasteiger partial charge in [-0.25, -0.2) is 0 Å². The Morgan fingerprint density at radius 3 is 2.89 bits per heavy atom. The smallest absolute Gasteiger partial charge is 0.115 e. The molecule has 2 aromatic rings. The lowest BCUT2D eigenvalue weighted by Crippen LogP contribution is -2.18. The second-order valence-electron chi connectivity index (χ2n) is 4.95. The molecule has 19 heavy (non-hydrogen) atoms. The Kier molecular flexibility index (Phi) is 3.58. The van der Waals surface area contributed by atoms with Crippen LogP contribution in [-0.2, 0) is 13.0 Å². The zero-order valence-electron chi connectivity index (χ0n) is 10.6. The van der Waals surface area contributed by atoms with Crippen LogP contribution in [0.1, 0.15) is 29.2 Å². The Balaban J connectivity index is 1.72. The summed E-state index contributed by atoms with van der Waals surface area (Å²) in [5.41, 5.74) is 3.87. The lowest BCUT2D eigenvalue weighted by atomic mass is 10.1. The van der Waals surface area contributed by atoms with Crippen molar-refractivity contribution in [1.29, 1.82) is 0 Å². The first kappa shape index (κ1) is 12.7. The van der Waals surface area contributed by atoms with Crippen LogP contribution < -0.4 is 5.32 Å². The van der Waals surface area contributed by atoms with Crippen LogP contribution in [-0.4, -0.2) is 5.11 Å². The van der Waals surface area contributed by atoms with Crippen LogP contribution in [0.25, 0.3) is 0 Å². The van der Waals surface area contributed by atoms with Crippen molar-refractivity contribution in [2.45, 2.75) is 25.4 Å². The highest BCUT2D eigenvalue weighted by atomic mass is 79.9. The van der Waals surface area contributed by atoms with Crippen molar-refractivity contribution in [2.75, 3.05) is 0 Å². The van der Waals surface area contributed by atoms with E-state index >= 15 is 0 Å². The minimum absolute atomic E-state index is 0.366. The molecule has 0 saturated carbocycles. The molecule has 98 valence electrons. The number of rotatable bonds is 3. The maximum atomic E-state index is 9.50. The van der Waals surface area contributed by atoms with Gasteiger partial charge in [-0.3, -0.25) is 0 Å². The molecule has 0 spiro atoms. The molecule has 0 bridgehead atoms. The Labute approximate surface area is 121 Å². The first-order valence-electron chi connectivity index (χ1n) is 6.52. The van der Waals surface area contributed by atoms with Crippen LogP contribution in [0.4, 0.5) is 0 Å². The molecule has 1 unspecified atom stereocenters. The quantitative estimate of drug-likeness (QED) is 0.899. The lowest BCUT2D eigenvalue weighted by molar-refractivity contribution is 0.474. The lowest BCUT2D eigenvalue weighted by Gasteiger charge is -2.15. The van der Waals surface area contributed by atoms with Gasteiger partial charge >= 0.3 is 0 Å². The number of phenolic OH excluding ortho intramolecular Hbond substituents is 1. The molecule has 3 heteroatoms. The van der Waals surface area contributed by atoms with E-state index < -0.39 is 0 Å². The predicted molar refractivity (Wildman–Crippen MR) is 80.2 cm³/mol. The highest BCUT2D eigenvalue weighted by Gasteiger charge is 2.22. The topological polar surface area (TPSA) is 32.3 Å². The van der Waals surface area contributed by atoms with Crippen molar-refractivity contribution >= 4 is 15.9 Å². The van der Waals surface area contributed by atoms with Gasteiger partial charge in [-0.1, -0.05) is 40.2 Å². The van der Waals surface area contributed by atoms with Crippen LogP contribution in [0, 0.1) is 0 Å². The molecule has 1 atom stereocenters. The van der Waals surface area contributed by atoms with Gasteiger partial charge in [-0.05, 0) is 47.7 Å². The number of benzene rings is 2. The van der Waals surface area contributed by atoms with Crippen LogP contribution in [0.15, 0.2) is 46.9 Å². The van der Waals surface area contributed by atoms with Gasteiger partial charge in [0.1, 0.15) is 5.75 Å². The van der Waals surface area contributed by atoms with Gasteiger partial charge < -0.3 is 10.4 Å². The van der Waals surface area contributed by atoms with Crippen molar-refractivity contribution < 1.29 is 5.11 Å². The van der Waals surface area contributed by atoms with Gasteiger partial charge in [0, 0.05) is 17.1 Å². The number of nitrogens with one attached hydrogen (secondary N) is 1. The van der Waals surface area contributed by atoms with Crippen molar-refractivity contribution in [2.24, 2.45) is 0 Å². The SMILES string of the molecule is Oc1ccc2c(c1)CCC2NCc1ccccc1Br. The van der Waals surface area contributed by atoms with Gasteiger partial charge in [-0.15, -0.1) is 0 Å². The monoisotopic (exact) mass is 317 g/mol. The molecule has 1 aliphatic carbocycles. The molecule has 0 fully saturated rings. The van der Waals surface area contributed by atoms with Crippen molar-refractivity contribution in [1.82, 2.24) is 5.32 Å². The summed E-state index contributed by atoms with van der Waals surface area (Å²) in [7, 11) is 0. The Hall–Kier alpha value is -1.32. The predicted octanol–water partition coefficient (Wildman–Crippen LogP) is 3.93. The molecule has 0 saturated heterocycles. The summed E-state index contributed by atoms with van der Waals surface area (Å²) >= 11 is 3.57. The summed E-state index contributed by atoms with van der Waals surface area (Å²) < 4.78 is 1.14. The maximum absolute atomic E-state index is 9.50. The largest absolute Gasteiger partial charge is 0.508 e. The summed E-state index contributed by atoms with van der Waals surface area (Å²) in [4.78, 5) is 0. The van der Waals surface area contributed by atoms with E-state index in [9.17, 15) is 5.11 Å². The van der Waals surface area contributed by atoms with E-state index in [0.29, 0.717) is 11.8 Å². The van der Waals surface area contributed by atoms with Gasteiger partial charge in [0.05, 0.1) is 0 Å². The molecule has 0 radical (unpaired) electrons. The number of phenols is 1. The minimum Gasteiger partial charge on any atom is -0.508 e. The number of aryl methyl sites for hydroxylation is 1. The molecule has 1 aliphatic rings. The molecule has 0 heterocycles. The van der Waals surface area contributed by atoms with E-state index in [1.807, 2.05) is 18.2 Å². The fourth-order valence-electron chi connectivity index (χ4n) is 2.69. The highest BCUT2D eigenvalue weighted by Crippen LogP contribution is 2.33. The fraction of sp³-hybridized carbons (Fsp3) is 0.250. The molecule has 2 N–H and O–H groups in total. The van der Waals surface area contributed by atoms with Gasteiger partial charge in [0.2, 0.25) is 0 Å². The summed E-state index contributed by atoms with van der Waals surface area (Å²) in [6.07, 6.45) is 2.14. The zero-order chi connectivity index (χ0) is 13.2. The first-order valence-corrected chi connectivity index (χ1v) is 7.32. The molecular weight excluding hydrogens is 302 g/mol. The number of hydrogen-bond acceptors (Lipinski definition) is 2. The standard InChI is InChI=1S/C16H16BrNO/c17-15-4-2-1-3-12(15)10-18-16-8-5-11-9-13(19)6-7-14(11)16/h1-4,6-7,9,16,18-19H,5,8,10H2. The van der Waals surface area contributed by atoms with E-state index in [0.717, 1.165) is 23.9 Å². The first-order chi connectivity index (χ1) is 9.24. The van der Waals surface area contributed by atoms with Gasteiger partial charge in [-0.2, -0.15) is 0 Å². The number of fused-ring (bicyclic) bond motifs is 1. The molecule has 0 aromatic heterocycles. The molecule has 3 rings (SSSR count). The van der Waals surface area contributed by atoms with E-state index in [2.05, 4.69) is 39.4 Å². The van der Waals surface area contributed by atoms with Crippen LogP contribution in [0.5, 0.6) is 5.75 Å². The number of hydrogen-bond donors (Lipinski definition) is 2. The summed E-state index contributed by atoms with van der Waals surface area (Å²) in [5.74, 6) is 0.366. The third kappa shape index (κ3) is 2.67. The maximum Gasteiger partial charge on any atom is 0.115 e. The van der Waals surface area contributed by atoms with E-state index in [1.54, 1.807) is 6.07 Å². The van der Waals surface area contributed by atoms with Gasteiger partial charge in [0.15, 0.2) is 0 Å². The van der Waals surface area contributed by atoms with E-state index in [-0.39, 0.29) is 0 Å². The summed E-state index contributed by atoms with van der Waals surface area (Å²) in [5, 5.41) is 13.1. The van der Waals surface area contributed by atoms with Crippen LogP contribution in [0.2, 0.25) is 0 Å². The fourth-order valence-corrected chi connectivity index (χ4v) is 3.12. The molecule has 2 nitrogen and oxygen atoms in total. The number of aromatic hydroxyl groups is 1. The molecule has 2 aromatic carbocycles. The zero-order valence-corrected chi connectivity index (χ0v) is 12.2. The van der Waals surface area contributed by atoms with Crippen molar-refractivity contribution in [3.8, 4) is 5.75 Å². The third-order valence-electron chi connectivity index (χ3n) is 3.70. The second kappa shape index (κ2) is 5.35. The number of halogens is 1. The third-order valence-corrected chi connectivity index (χ3v) is 4.47. The minimum atomic E-state index is 0.366. The molecule has 0 amide bonds. The van der Waals surface area contributed by atoms with Gasteiger partial charge in [0.25, 0.3) is 0 Å². The molecule has 0 aliphatic heterocycles. The summed E-state index contributed by atoms with van der Waals surface area (Å²) in [6, 6.07) is 14.4. The van der Waals surface area contributed by atoms with Crippen LogP contribution >= 0.6 is 15.9 Å². The Morgan fingerprint density at radius 1 is 1.21 bits per heavy atom. The normalized spacial score (nSPS) is 17.4. The summed E-state index contributed by atoms with van der Waals surface area (Å²) in [6.45, 7) is 0.854. The average molecular weight is 318 g/mol. The Bertz CT molecular complexity index is 597. The highest BCUT2D eigenvalue weighted by molar-refractivity contribution is 9.10. The average Bonchev–Trinajstić information content (AvgIpc) is 2.80. The van der Waals surface area contributed by atoms with Crippen LogP contribution in [0.3, 0.4) is 0 Å². The van der Waals surface area contributed by atoms with E-state index in [4.69, 9.17) is 0 Å². The van der Waals surface area contributed by atoms with Crippen molar-refractivity contribution in [3.05, 3.63) is 63.6 Å².